The van der Waals surface area contributed by atoms with E-state index in [-0.39, 0.29) is 6.03 Å². The lowest BCUT2D eigenvalue weighted by Gasteiger charge is -2.27. The van der Waals surface area contributed by atoms with Crippen LogP contribution in [0.3, 0.4) is 0 Å². The Balaban J connectivity index is 1.44. The van der Waals surface area contributed by atoms with Gasteiger partial charge in [-0.25, -0.2) is 4.79 Å². The van der Waals surface area contributed by atoms with E-state index in [2.05, 4.69) is 47.5 Å². The number of thioether (sulfide) groups is 1. The molecule has 2 heterocycles. The first-order chi connectivity index (χ1) is 11.2. The Morgan fingerprint density at radius 2 is 2.00 bits per heavy atom. The summed E-state index contributed by atoms with van der Waals surface area (Å²) in [7, 11) is 0. The number of hydrogen-bond donors (Lipinski definition) is 1. The normalized spacial score (nSPS) is 25.5. The molecule has 2 amide bonds. The van der Waals surface area contributed by atoms with Gasteiger partial charge in [-0.3, -0.25) is 4.90 Å². The summed E-state index contributed by atoms with van der Waals surface area (Å²) >= 11 is 1.93. The van der Waals surface area contributed by atoms with Crippen LogP contribution >= 0.6 is 11.8 Å². The molecule has 23 heavy (non-hydrogen) atoms. The first kappa shape index (κ1) is 16.7. The standard InChI is InChI=1S/C18H27N3OS/c1-15-11-17(12-19-18(22)20-7-9-23-10-8-20)14-21(15)13-16-5-3-2-4-6-16/h2-6,15,17H,7-14H2,1H3,(H,19,22)/t15-,17-/m0/s1. The molecular weight excluding hydrogens is 306 g/mol. The van der Waals surface area contributed by atoms with Gasteiger partial charge in [0.25, 0.3) is 0 Å². The van der Waals surface area contributed by atoms with E-state index < -0.39 is 0 Å². The third kappa shape index (κ3) is 4.64. The minimum Gasteiger partial charge on any atom is -0.338 e. The van der Waals surface area contributed by atoms with Crippen molar-refractivity contribution in [3.63, 3.8) is 0 Å². The SMILES string of the molecule is C[C@H]1C[C@@H](CNC(=O)N2CCSCC2)CN1Cc1ccccc1. The highest BCUT2D eigenvalue weighted by Crippen LogP contribution is 2.24. The van der Waals surface area contributed by atoms with E-state index in [9.17, 15) is 4.79 Å². The highest BCUT2D eigenvalue weighted by Gasteiger charge is 2.29. The maximum atomic E-state index is 12.2. The smallest absolute Gasteiger partial charge is 0.317 e. The Hall–Kier alpha value is -1.20. The molecule has 0 unspecified atom stereocenters. The summed E-state index contributed by atoms with van der Waals surface area (Å²) in [5.41, 5.74) is 1.37. The van der Waals surface area contributed by atoms with Crippen LogP contribution in [-0.4, -0.2) is 59.6 Å². The molecule has 2 atom stereocenters. The summed E-state index contributed by atoms with van der Waals surface area (Å²) in [6.07, 6.45) is 1.17. The van der Waals surface area contributed by atoms with Gasteiger partial charge in [0.2, 0.25) is 0 Å². The Morgan fingerprint density at radius 3 is 2.74 bits per heavy atom. The molecule has 0 saturated carbocycles. The first-order valence-corrected chi connectivity index (χ1v) is 9.76. The number of rotatable bonds is 4. The van der Waals surface area contributed by atoms with Crippen LogP contribution in [0.4, 0.5) is 4.79 Å². The Morgan fingerprint density at radius 1 is 1.26 bits per heavy atom. The summed E-state index contributed by atoms with van der Waals surface area (Å²) in [5.74, 6) is 2.70. The summed E-state index contributed by atoms with van der Waals surface area (Å²) < 4.78 is 0. The number of amides is 2. The van der Waals surface area contributed by atoms with Gasteiger partial charge in [-0.1, -0.05) is 30.3 Å². The zero-order chi connectivity index (χ0) is 16.1. The Bertz CT molecular complexity index is 504. The van der Waals surface area contributed by atoms with Crippen molar-refractivity contribution in [3.05, 3.63) is 35.9 Å². The molecule has 126 valence electrons. The zero-order valence-corrected chi connectivity index (χ0v) is 14.7. The minimum atomic E-state index is 0.125. The first-order valence-electron chi connectivity index (χ1n) is 8.61. The number of urea groups is 1. The average Bonchev–Trinajstić information content (AvgIpc) is 2.94. The molecule has 2 saturated heterocycles. The van der Waals surface area contributed by atoms with Crippen molar-refractivity contribution in [3.8, 4) is 0 Å². The van der Waals surface area contributed by atoms with E-state index in [1.54, 1.807) is 0 Å². The van der Waals surface area contributed by atoms with Gasteiger partial charge >= 0.3 is 6.03 Å². The molecule has 3 rings (SSSR count). The zero-order valence-electron chi connectivity index (χ0n) is 13.9. The van der Waals surface area contributed by atoms with E-state index >= 15 is 0 Å². The van der Waals surface area contributed by atoms with Gasteiger partial charge < -0.3 is 10.2 Å². The molecule has 0 bridgehead atoms. The van der Waals surface area contributed by atoms with E-state index in [0.717, 1.165) is 44.2 Å². The third-order valence-corrected chi connectivity index (χ3v) is 5.80. The summed E-state index contributed by atoms with van der Waals surface area (Å²) in [6.45, 7) is 6.96. The minimum absolute atomic E-state index is 0.125. The molecule has 2 aliphatic rings. The summed E-state index contributed by atoms with van der Waals surface area (Å²) in [4.78, 5) is 16.7. The Labute approximate surface area is 143 Å². The molecule has 0 aliphatic carbocycles. The second-order valence-electron chi connectivity index (χ2n) is 6.65. The third-order valence-electron chi connectivity index (χ3n) is 4.86. The highest BCUT2D eigenvalue weighted by molar-refractivity contribution is 7.99. The van der Waals surface area contributed by atoms with Crippen molar-refractivity contribution in [2.45, 2.75) is 25.9 Å². The quantitative estimate of drug-likeness (QED) is 0.920. The molecule has 0 aromatic heterocycles. The molecule has 4 nitrogen and oxygen atoms in total. The van der Waals surface area contributed by atoms with Crippen LogP contribution < -0.4 is 5.32 Å². The van der Waals surface area contributed by atoms with Gasteiger partial charge in [0.05, 0.1) is 0 Å². The van der Waals surface area contributed by atoms with Crippen LogP contribution in [0.2, 0.25) is 0 Å². The molecule has 1 aromatic carbocycles. The predicted molar refractivity (Wildman–Crippen MR) is 96.7 cm³/mol. The van der Waals surface area contributed by atoms with Gasteiger partial charge in [0.1, 0.15) is 0 Å². The lowest BCUT2D eigenvalue weighted by molar-refractivity contribution is 0.200. The van der Waals surface area contributed by atoms with Gasteiger partial charge in [0, 0.05) is 50.3 Å². The lowest BCUT2D eigenvalue weighted by Crippen LogP contribution is -2.45. The molecular formula is C18H27N3OS. The molecule has 2 fully saturated rings. The topological polar surface area (TPSA) is 35.6 Å². The van der Waals surface area contributed by atoms with Crippen LogP contribution in [0.15, 0.2) is 30.3 Å². The number of nitrogens with zero attached hydrogens (tertiary/aromatic N) is 2. The number of likely N-dealkylation sites (tertiary alicyclic amines) is 1. The summed E-state index contributed by atoms with van der Waals surface area (Å²) in [5, 5.41) is 3.15. The van der Waals surface area contributed by atoms with E-state index in [1.165, 1.54) is 12.0 Å². The maximum absolute atomic E-state index is 12.2. The molecule has 1 aromatic rings. The fraction of sp³-hybridized carbons (Fsp3) is 0.611. The van der Waals surface area contributed by atoms with Crippen LogP contribution in [0, 0.1) is 5.92 Å². The van der Waals surface area contributed by atoms with Crippen molar-refractivity contribution in [1.82, 2.24) is 15.1 Å². The lowest BCUT2D eigenvalue weighted by atomic mass is 10.1. The number of benzene rings is 1. The van der Waals surface area contributed by atoms with E-state index in [0.29, 0.717) is 12.0 Å². The monoisotopic (exact) mass is 333 g/mol. The fourth-order valence-electron chi connectivity index (χ4n) is 3.51. The Kier molecular flexibility index (Phi) is 5.84. The van der Waals surface area contributed by atoms with Crippen molar-refractivity contribution in [2.24, 2.45) is 5.92 Å². The molecule has 0 radical (unpaired) electrons. The van der Waals surface area contributed by atoms with Crippen LogP contribution in [0.25, 0.3) is 0 Å². The number of carbonyl (C=O) groups is 1. The van der Waals surface area contributed by atoms with Crippen LogP contribution in [-0.2, 0) is 6.54 Å². The predicted octanol–water partition coefficient (Wildman–Crippen LogP) is 2.66. The van der Waals surface area contributed by atoms with E-state index in [1.807, 2.05) is 16.7 Å². The fourth-order valence-corrected chi connectivity index (χ4v) is 4.42. The van der Waals surface area contributed by atoms with Crippen molar-refractivity contribution >= 4 is 17.8 Å². The number of carbonyl (C=O) groups excluding carboxylic acids is 1. The molecule has 5 heteroatoms. The van der Waals surface area contributed by atoms with Crippen LogP contribution in [0.5, 0.6) is 0 Å². The van der Waals surface area contributed by atoms with Gasteiger partial charge in [0.15, 0.2) is 0 Å². The molecule has 0 spiro atoms. The van der Waals surface area contributed by atoms with Gasteiger partial charge in [-0.2, -0.15) is 11.8 Å². The second-order valence-corrected chi connectivity index (χ2v) is 7.88. The van der Waals surface area contributed by atoms with E-state index in [4.69, 9.17) is 0 Å². The maximum Gasteiger partial charge on any atom is 0.317 e. The number of nitrogens with one attached hydrogen (secondary N) is 1. The largest absolute Gasteiger partial charge is 0.338 e. The highest BCUT2D eigenvalue weighted by atomic mass is 32.2. The number of hydrogen-bond acceptors (Lipinski definition) is 3. The summed E-state index contributed by atoms with van der Waals surface area (Å²) in [6, 6.07) is 11.4. The van der Waals surface area contributed by atoms with Crippen molar-refractivity contribution < 1.29 is 4.79 Å². The van der Waals surface area contributed by atoms with Crippen molar-refractivity contribution in [1.29, 1.82) is 0 Å². The van der Waals surface area contributed by atoms with Gasteiger partial charge in [-0.15, -0.1) is 0 Å². The van der Waals surface area contributed by atoms with Gasteiger partial charge in [-0.05, 0) is 24.8 Å². The van der Waals surface area contributed by atoms with Crippen LogP contribution in [0.1, 0.15) is 18.9 Å². The molecule has 2 aliphatic heterocycles. The second kappa shape index (κ2) is 8.06. The average molecular weight is 334 g/mol. The molecule has 1 N–H and O–H groups in total. The van der Waals surface area contributed by atoms with Crippen molar-refractivity contribution in [2.75, 3.05) is 37.7 Å².